The molecule has 0 unspecified atom stereocenters. The monoisotopic (exact) mass is 420 g/mol. The number of para-hydroxylation sites is 1. The average Bonchev–Trinajstić information content (AvgIpc) is 3.08. The molecule has 1 atom stereocenters. The summed E-state index contributed by atoms with van der Waals surface area (Å²) < 4.78 is 10.6. The fourth-order valence-electron chi connectivity index (χ4n) is 4.20. The van der Waals surface area contributed by atoms with Crippen LogP contribution >= 0.6 is 0 Å². The van der Waals surface area contributed by atoms with E-state index >= 15 is 0 Å². The van der Waals surface area contributed by atoms with Gasteiger partial charge in [0, 0.05) is 11.9 Å². The van der Waals surface area contributed by atoms with Crippen LogP contribution in [0.5, 0.6) is 5.75 Å². The van der Waals surface area contributed by atoms with Crippen LogP contribution in [-0.4, -0.2) is 37.6 Å². The van der Waals surface area contributed by atoms with E-state index < -0.39 is 11.5 Å². The summed E-state index contributed by atoms with van der Waals surface area (Å²) in [6.07, 6.45) is 4.76. The molecule has 6 heteroatoms. The Morgan fingerprint density at radius 2 is 1.77 bits per heavy atom. The van der Waals surface area contributed by atoms with Gasteiger partial charge in [0.15, 0.2) is 0 Å². The third kappa shape index (κ3) is 4.97. The SMILES string of the molecule is COc1ccc([C@@H](CNC(=O)c2cc3ccccc3oc2=O)N2CCCCCC2)cc1. The lowest BCUT2D eigenvalue weighted by Gasteiger charge is -2.31. The quantitative estimate of drug-likeness (QED) is 0.607. The smallest absolute Gasteiger partial charge is 0.349 e. The molecule has 1 amide bonds. The molecule has 2 aromatic carbocycles. The zero-order valence-electron chi connectivity index (χ0n) is 17.8. The van der Waals surface area contributed by atoms with Gasteiger partial charge in [0.05, 0.1) is 13.2 Å². The largest absolute Gasteiger partial charge is 0.497 e. The van der Waals surface area contributed by atoms with Crippen LogP contribution in [0.4, 0.5) is 0 Å². The lowest BCUT2D eigenvalue weighted by atomic mass is 10.0. The van der Waals surface area contributed by atoms with Crippen molar-refractivity contribution in [3.05, 3.63) is 76.1 Å². The van der Waals surface area contributed by atoms with Crippen molar-refractivity contribution >= 4 is 16.9 Å². The van der Waals surface area contributed by atoms with E-state index in [1.807, 2.05) is 36.4 Å². The first kappa shape index (κ1) is 21.1. The van der Waals surface area contributed by atoms with Crippen molar-refractivity contribution in [1.29, 1.82) is 0 Å². The summed E-state index contributed by atoms with van der Waals surface area (Å²) in [6.45, 7) is 2.40. The molecule has 1 aliphatic rings. The second kappa shape index (κ2) is 9.79. The minimum atomic E-state index is -0.619. The molecule has 3 aromatic rings. The van der Waals surface area contributed by atoms with Crippen molar-refractivity contribution in [2.45, 2.75) is 31.7 Å². The Bertz CT molecular complexity index is 1080. The van der Waals surface area contributed by atoms with Gasteiger partial charge in [-0.1, -0.05) is 43.2 Å². The maximum Gasteiger partial charge on any atom is 0.349 e. The Morgan fingerprint density at radius 1 is 1.06 bits per heavy atom. The molecule has 0 aliphatic carbocycles. The Morgan fingerprint density at radius 3 is 2.48 bits per heavy atom. The molecule has 1 aromatic heterocycles. The van der Waals surface area contributed by atoms with Gasteiger partial charge in [-0.15, -0.1) is 0 Å². The lowest BCUT2D eigenvalue weighted by Crippen LogP contribution is -2.39. The Hall–Kier alpha value is -3.12. The topological polar surface area (TPSA) is 71.8 Å². The third-order valence-corrected chi connectivity index (χ3v) is 5.92. The lowest BCUT2D eigenvalue weighted by molar-refractivity contribution is 0.0929. The summed E-state index contributed by atoms with van der Waals surface area (Å²) in [5.41, 5.74) is 1.01. The minimum Gasteiger partial charge on any atom is -0.497 e. The summed E-state index contributed by atoms with van der Waals surface area (Å²) in [5.74, 6) is 0.393. The van der Waals surface area contributed by atoms with Gasteiger partial charge < -0.3 is 14.5 Å². The first-order valence-corrected chi connectivity index (χ1v) is 10.8. The highest BCUT2D eigenvalue weighted by Gasteiger charge is 2.23. The summed E-state index contributed by atoms with van der Waals surface area (Å²) in [6, 6.07) is 16.8. The number of rotatable bonds is 6. The van der Waals surface area contributed by atoms with E-state index in [2.05, 4.69) is 10.2 Å². The van der Waals surface area contributed by atoms with Gasteiger partial charge in [-0.2, -0.15) is 0 Å². The van der Waals surface area contributed by atoms with E-state index in [0.29, 0.717) is 12.1 Å². The highest BCUT2D eigenvalue weighted by Crippen LogP contribution is 2.25. The van der Waals surface area contributed by atoms with Gasteiger partial charge in [-0.05, 0) is 55.8 Å². The highest BCUT2D eigenvalue weighted by atomic mass is 16.5. The first-order valence-electron chi connectivity index (χ1n) is 10.8. The fourth-order valence-corrected chi connectivity index (χ4v) is 4.20. The van der Waals surface area contributed by atoms with Gasteiger partial charge in [0.25, 0.3) is 5.91 Å². The first-order chi connectivity index (χ1) is 15.2. The molecule has 0 bridgehead atoms. The van der Waals surface area contributed by atoms with Crippen LogP contribution in [0.25, 0.3) is 11.0 Å². The van der Waals surface area contributed by atoms with Crippen molar-refractivity contribution < 1.29 is 13.9 Å². The minimum absolute atomic E-state index is 0.0282. The number of hydrogen-bond acceptors (Lipinski definition) is 5. The number of carbonyl (C=O) groups is 1. The molecule has 0 radical (unpaired) electrons. The average molecular weight is 421 g/mol. The Labute approximate surface area is 181 Å². The summed E-state index contributed by atoms with van der Waals surface area (Å²) >= 11 is 0. The number of hydrogen-bond donors (Lipinski definition) is 1. The molecule has 31 heavy (non-hydrogen) atoms. The van der Waals surface area contributed by atoms with Crippen LogP contribution < -0.4 is 15.7 Å². The molecule has 1 N–H and O–H groups in total. The molecule has 1 aliphatic heterocycles. The van der Waals surface area contributed by atoms with Crippen LogP contribution in [-0.2, 0) is 0 Å². The number of methoxy groups -OCH3 is 1. The second-order valence-corrected chi connectivity index (χ2v) is 7.93. The van der Waals surface area contributed by atoms with Crippen LogP contribution in [0.2, 0.25) is 0 Å². The predicted octanol–water partition coefficient (Wildman–Crippen LogP) is 4.15. The molecule has 4 rings (SSSR count). The van der Waals surface area contributed by atoms with E-state index in [1.54, 1.807) is 25.3 Å². The summed E-state index contributed by atoms with van der Waals surface area (Å²) in [7, 11) is 1.65. The molecule has 162 valence electrons. The molecule has 6 nitrogen and oxygen atoms in total. The van der Waals surface area contributed by atoms with Gasteiger partial charge in [0.2, 0.25) is 0 Å². The number of nitrogens with zero attached hydrogens (tertiary/aromatic N) is 1. The standard InChI is InChI=1S/C25H28N2O4/c1-30-20-12-10-18(11-13-20)22(27-14-6-2-3-7-15-27)17-26-24(28)21-16-19-8-4-5-9-23(19)31-25(21)29/h4-5,8-13,16,22H,2-3,6-7,14-15,17H2,1H3,(H,26,28)/t22-/m1/s1. The van der Waals surface area contributed by atoms with Gasteiger partial charge in [-0.3, -0.25) is 9.69 Å². The normalized spacial score (nSPS) is 15.9. The third-order valence-electron chi connectivity index (χ3n) is 5.92. The van der Waals surface area contributed by atoms with Crippen molar-refractivity contribution in [1.82, 2.24) is 10.2 Å². The second-order valence-electron chi connectivity index (χ2n) is 7.93. The Balaban J connectivity index is 1.55. The van der Waals surface area contributed by atoms with Crippen LogP contribution in [0.3, 0.4) is 0 Å². The predicted molar refractivity (Wildman–Crippen MR) is 121 cm³/mol. The molecule has 1 saturated heterocycles. The van der Waals surface area contributed by atoms with Crippen LogP contribution in [0.15, 0.2) is 63.8 Å². The number of carbonyl (C=O) groups excluding carboxylic acids is 1. The molecule has 1 fully saturated rings. The molecular weight excluding hydrogens is 392 g/mol. The maximum absolute atomic E-state index is 12.9. The van der Waals surface area contributed by atoms with E-state index in [0.717, 1.165) is 42.6 Å². The van der Waals surface area contributed by atoms with Crippen molar-refractivity contribution in [2.75, 3.05) is 26.7 Å². The van der Waals surface area contributed by atoms with Crippen LogP contribution in [0, 0.1) is 0 Å². The number of ether oxygens (including phenoxy) is 1. The molecule has 0 spiro atoms. The summed E-state index contributed by atoms with van der Waals surface area (Å²) in [5, 5.41) is 3.71. The zero-order valence-corrected chi connectivity index (χ0v) is 17.8. The number of fused-ring (bicyclic) bond motifs is 1. The van der Waals surface area contributed by atoms with Crippen LogP contribution in [0.1, 0.15) is 47.6 Å². The Kier molecular flexibility index (Phi) is 6.67. The van der Waals surface area contributed by atoms with Gasteiger partial charge in [-0.25, -0.2) is 4.79 Å². The maximum atomic E-state index is 12.9. The van der Waals surface area contributed by atoms with Crippen molar-refractivity contribution in [3.8, 4) is 5.75 Å². The summed E-state index contributed by atoms with van der Waals surface area (Å²) in [4.78, 5) is 27.7. The van der Waals surface area contributed by atoms with Crippen molar-refractivity contribution in [3.63, 3.8) is 0 Å². The van der Waals surface area contributed by atoms with Gasteiger partial charge in [0.1, 0.15) is 16.9 Å². The van der Waals surface area contributed by atoms with Crippen molar-refractivity contribution in [2.24, 2.45) is 0 Å². The van der Waals surface area contributed by atoms with E-state index in [9.17, 15) is 9.59 Å². The highest BCUT2D eigenvalue weighted by molar-refractivity contribution is 5.96. The van der Waals surface area contributed by atoms with Gasteiger partial charge >= 0.3 is 5.63 Å². The zero-order chi connectivity index (χ0) is 21.6. The fraction of sp³-hybridized carbons (Fsp3) is 0.360. The number of likely N-dealkylation sites (tertiary alicyclic amines) is 1. The van der Waals surface area contributed by atoms with E-state index in [-0.39, 0.29) is 11.6 Å². The molecular formula is C25H28N2O4. The van der Waals surface area contributed by atoms with E-state index in [4.69, 9.17) is 9.15 Å². The molecule has 2 heterocycles. The molecule has 0 saturated carbocycles. The number of nitrogens with one attached hydrogen (secondary N) is 1. The number of amides is 1. The number of benzene rings is 2. The van der Waals surface area contributed by atoms with E-state index in [1.165, 1.54) is 12.8 Å².